The van der Waals surface area contributed by atoms with Crippen LogP contribution in [0.2, 0.25) is 0 Å². The molecule has 0 radical (unpaired) electrons. The summed E-state index contributed by atoms with van der Waals surface area (Å²) in [5.74, 6) is -0.604. The Balaban J connectivity index is 1.95. The van der Waals surface area contributed by atoms with E-state index in [1.165, 1.54) is 23.8 Å². The van der Waals surface area contributed by atoms with E-state index in [2.05, 4.69) is 19.2 Å². The van der Waals surface area contributed by atoms with Gasteiger partial charge in [-0.15, -0.1) is 0 Å². The van der Waals surface area contributed by atoms with Crippen LogP contribution in [0.25, 0.3) is 0 Å². The van der Waals surface area contributed by atoms with Gasteiger partial charge >= 0.3 is 0 Å². The first-order valence-corrected chi connectivity index (χ1v) is 7.71. The Kier molecular flexibility index (Phi) is 5.58. The minimum Gasteiger partial charge on any atom is -0.545 e. The molecule has 5 heteroatoms. The Bertz CT molecular complexity index is 753. The maximum Gasteiger partial charge on any atom is 0.262 e. The van der Waals surface area contributed by atoms with Crippen molar-refractivity contribution in [3.05, 3.63) is 59.2 Å². The topological polar surface area (TPSA) is 78.5 Å². The van der Waals surface area contributed by atoms with Gasteiger partial charge in [0.1, 0.15) is 5.75 Å². The van der Waals surface area contributed by atoms with Crippen LogP contribution in [0, 0.1) is 6.92 Å². The molecule has 126 valence electrons. The number of hydrogen-bond acceptors (Lipinski definition) is 4. The van der Waals surface area contributed by atoms with Crippen LogP contribution in [0.3, 0.4) is 0 Å². The summed E-state index contributed by atoms with van der Waals surface area (Å²) in [7, 11) is 0. The first kappa shape index (κ1) is 17.5. The molecule has 0 heterocycles. The summed E-state index contributed by atoms with van der Waals surface area (Å²) < 4.78 is 5.49. The minimum atomic E-state index is -1.29. The van der Waals surface area contributed by atoms with Crippen molar-refractivity contribution < 1.29 is 19.4 Å². The third kappa shape index (κ3) is 4.59. The van der Waals surface area contributed by atoms with Gasteiger partial charge in [-0.2, -0.15) is 0 Å². The van der Waals surface area contributed by atoms with Gasteiger partial charge < -0.3 is 20.0 Å². The van der Waals surface area contributed by atoms with Gasteiger partial charge in [-0.05, 0) is 53.8 Å². The number of aromatic carboxylic acids is 1. The number of carbonyl (C=O) groups excluding carboxylic acids is 2. The Morgan fingerprint density at radius 2 is 1.92 bits per heavy atom. The number of carbonyl (C=O) groups is 2. The number of rotatable bonds is 6. The standard InChI is InChI=1S/C19H21NO4/c1-12(2)17-8-7-16(9-13(17)3)24-11-18(21)20-15-6-4-5-14(10-15)19(22)23/h4-10,12H,11H2,1-3H3,(H,20,21)(H,22,23)/p-1. The van der Waals surface area contributed by atoms with Crippen molar-refractivity contribution in [3.63, 3.8) is 0 Å². The number of amides is 1. The zero-order valence-corrected chi connectivity index (χ0v) is 14.0. The predicted molar refractivity (Wildman–Crippen MR) is 90.2 cm³/mol. The van der Waals surface area contributed by atoms with Gasteiger partial charge in [-0.1, -0.05) is 32.0 Å². The molecule has 0 unspecified atom stereocenters. The number of carboxylic acid groups (broad SMARTS) is 1. The highest BCUT2D eigenvalue weighted by molar-refractivity contribution is 5.94. The predicted octanol–water partition coefficient (Wildman–Crippen LogP) is 2.50. The van der Waals surface area contributed by atoms with E-state index in [1.807, 2.05) is 25.1 Å². The minimum absolute atomic E-state index is 0.00798. The Labute approximate surface area is 141 Å². The maximum atomic E-state index is 11.9. The van der Waals surface area contributed by atoms with Crippen LogP contribution in [0.4, 0.5) is 5.69 Å². The lowest BCUT2D eigenvalue weighted by Gasteiger charge is -2.13. The number of nitrogens with one attached hydrogen (secondary N) is 1. The van der Waals surface area contributed by atoms with E-state index in [9.17, 15) is 14.7 Å². The van der Waals surface area contributed by atoms with E-state index in [0.29, 0.717) is 17.4 Å². The summed E-state index contributed by atoms with van der Waals surface area (Å²) in [6, 6.07) is 11.6. The fraction of sp³-hybridized carbons (Fsp3) is 0.263. The van der Waals surface area contributed by atoms with Crippen LogP contribution in [0.15, 0.2) is 42.5 Å². The molecule has 0 saturated heterocycles. The lowest BCUT2D eigenvalue weighted by atomic mass is 9.98. The van der Waals surface area contributed by atoms with Gasteiger partial charge in [0.15, 0.2) is 6.61 Å². The fourth-order valence-electron chi connectivity index (χ4n) is 2.46. The van der Waals surface area contributed by atoms with Gasteiger partial charge in [0.2, 0.25) is 0 Å². The Hall–Kier alpha value is -2.82. The molecule has 0 atom stereocenters. The molecule has 5 nitrogen and oxygen atoms in total. The molecule has 0 fully saturated rings. The van der Waals surface area contributed by atoms with Crippen LogP contribution in [0.5, 0.6) is 5.75 Å². The van der Waals surface area contributed by atoms with E-state index in [4.69, 9.17) is 4.74 Å². The summed E-state index contributed by atoms with van der Waals surface area (Å²) >= 11 is 0. The largest absolute Gasteiger partial charge is 0.545 e. The molecule has 24 heavy (non-hydrogen) atoms. The maximum absolute atomic E-state index is 11.9. The van der Waals surface area contributed by atoms with Crippen molar-refractivity contribution in [3.8, 4) is 5.75 Å². The quantitative estimate of drug-likeness (QED) is 0.884. The summed E-state index contributed by atoms with van der Waals surface area (Å²) in [4.78, 5) is 22.7. The van der Waals surface area contributed by atoms with Crippen molar-refractivity contribution in [2.75, 3.05) is 11.9 Å². The SMILES string of the molecule is Cc1cc(OCC(=O)Nc2cccc(C(=O)[O-])c2)ccc1C(C)C. The van der Waals surface area contributed by atoms with Gasteiger partial charge in [-0.25, -0.2) is 0 Å². The van der Waals surface area contributed by atoms with Gasteiger partial charge in [0.25, 0.3) is 5.91 Å². The van der Waals surface area contributed by atoms with E-state index in [-0.39, 0.29) is 18.1 Å². The number of aryl methyl sites for hydroxylation is 1. The van der Waals surface area contributed by atoms with Crippen LogP contribution >= 0.6 is 0 Å². The van der Waals surface area contributed by atoms with Crippen molar-refractivity contribution in [2.24, 2.45) is 0 Å². The monoisotopic (exact) mass is 326 g/mol. The molecule has 0 aliphatic carbocycles. The van der Waals surface area contributed by atoms with Crippen LogP contribution in [-0.2, 0) is 4.79 Å². The van der Waals surface area contributed by atoms with Crippen LogP contribution in [-0.4, -0.2) is 18.5 Å². The Morgan fingerprint density at radius 1 is 1.17 bits per heavy atom. The number of carboxylic acids is 1. The molecule has 0 aliphatic rings. The second-order valence-corrected chi connectivity index (χ2v) is 5.88. The molecule has 2 rings (SSSR count). The molecule has 2 aromatic carbocycles. The third-order valence-electron chi connectivity index (χ3n) is 3.62. The zero-order chi connectivity index (χ0) is 17.7. The molecular formula is C19H20NO4-. The number of anilines is 1. The van der Waals surface area contributed by atoms with Gasteiger partial charge in [-0.3, -0.25) is 4.79 Å². The molecule has 0 spiro atoms. The van der Waals surface area contributed by atoms with E-state index in [0.717, 1.165) is 5.56 Å². The van der Waals surface area contributed by atoms with E-state index in [1.54, 1.807) is 6.07 Å². The molecule has 0 aromatic heterocycles. The molecule has 2 aromatic rings. The summed E-state index contributed by atoms with van der Waals surface area (Å²) in [6.45, 7) is 6.10. The molecule has 1 amide bonds. The average molecular weight is 326 g/mol. The molecular weight excluding hydrogens is 306 g/mol. The van der Waals surface area contributed by atoms with Crippen molar-refractivity contribution >= 4 is 17.6 Å². The highest BCUT2D eigenvalue weighted by Crippen LogP contribution is 2.23. The van der Waals surface area contributed by atoms with Gasteiger partial charge in [0.05, 0.1) is 5.97 Å². The number of benzene rings is 2. The second kappa shape index (κ2) is 7.64. The first-order valence-electron chi connectivity index (χ1n) is 7.71. The van der Waals surface area contributed by atoms with E-state index >= 15 is 0 Å². The Morgan fingerprint density at radius 3 is 2.54 bits per heavy atom. The average Bonchev–Trinajstić information content (AvgIpc) is 2.53. The molecule has 0 saturated carbocycles. The van der Waals surface area contributed by atoms with Crippen molar-refractivity contribution in [1.29, 1.82) is 0 Å². The number of ether oxygens (including phenoxy) is 1. The third-order valence-corrected chi connectivity index (χ3v) is 3.62. The van der Waals surface area contributed by atoms with Crippen molar-refractivity contribution in [2.45, 2.75) is 26.7 Å². The summed E-state index contributed by atoms with van der Waals surface area (Å²) in [6.07, 6.45) is 0. The van der Waals surface area contributed by atoms with Crippen molar-refractivity contribution in [1.82, 2.24) is 0 Å². The summed E-state index contributed by atoms with van der Waals surface area (Å²) in [5.41, 5.74) is 2.75. The zero-order valence-electron chi connectivity index (χ0n) is 14.0. The van der Waals surface area contributed by atoms with Gasteiger partial charge in [0, 0.05) is 5.69 Å². The highest BCUT2D eigenvalue weighted by atomic mass is 16.5. The highest BCUT2D eigenvalue weighted by Gasteiger charge is 2.07. The summed E-state index contributed by atoms with van der Waals surface area (Å²) in [5, 5.41) is 13.4. The van der Waals surface area contributed by atoms with Crippen LogP contribution < -0.4 is 15.2 Å². The fourth-order valence-corrected chi connectivity index (χ4v) is 2.46. The second-order valence-electron chi connectivity index (χ2n) is 5.88. The smallest absolute Gasteiger partial charge is 0.262 e. The lowest BCUT2D eigenvalue weighted by Crippen LogP contribution is -2.23. The number of hydrogen-bond donors (Lipinski definition) is 1. The first-order chi connectivity index (χ1) is 11.4. The normalized spacial score (nSPS) is 10.5. The molecule has 1 N–H and O–H groups in total. The van der Waals surface area contributed by atoms with E-state index < -0.39 is 5.97 Å². The lowest BCUT2D eigenvalue weighted by molar-refractivity contribution is -0.255. The van der Waals surface area contributed by atoms with Crippen LogP contribution in [0.1, 0.15) is 41.3 Å². The molecule has 0 bridgehead atoms. The molecule has 0 aliphatic heterocycles.